The predicted octanol–water partition coefficient (Wildman–Crippen LogP) is 2.18. The molecule has 2 rings (SSSR count). The van der Waals surface area contributed by atoms with Crippen molar-refractivity contribution >= 4 is 11.8 Å². The van der Waals surface area contributed by atoms with Crippen molar-refractivity contribution in [1.29, 1.82) is 0 Å². The highest BCUT2D eigenvalue weighted by atomic mass is 32.2. The van der Waals surface area contributed by atoms with Gasteiger partial charge in [-0.1, -0.05) is 5.16 Å². The van der Waals surface area contributed by atoms with Gasteiger partial charge in [-0.05, 0) is 39.0 Å². The third kappa shape index (κ3) is 2.77. The van der Waals surface area contributed by atoms with Crippen LogP contribution in [0.5, 0.6) is 0 Å². The Morgan fingerprint density at radius 2 is 2.12 bits per heavy atom. The quantitative estimate of drug-likeness (QED) is 0.875. The maximum atomic E-state index is 5.33. The van der Waals surface area contributed by atoms with Crippen LogP contribution in [0.4, 0.5) is 0 Å². The smallest absolute Gasteiger partial charge is 0.229 e. The summed E-state index contributed by atoms with van der Waals surface area (Å²) in [4.78, 5) is 4.46. The summed E-state index contributed by atoms with van der Waals surface area (Å²) in [6.07, 6.45) is 6.79. The summed E-state index contributed by atoms with van der Waals surface area (Å²) in [5, 5.41) is 7.33. The number of rotatable bonds is 4. The highest BCUT2D eigenvalue weighted by Gasteiger charge is 2.25. The molecule has 0 unspecified atom stereocenters. The first-order valence-electron chi connectivity index (χ1n) is 5.82. The summed E-state index contributed by atoms with van der Waals surface area (Å²) in [5.74, 6) is 3.00. The Balaban J connectivity index is 1.92. The van der Waals surface area contributed by atoms with Gasteiger partial charge in [0.2, 0.25) is 5.89 Å². The van der Waals surface area contributed by atoms with Crippen LogP contribution in [-0.4, -0.2) is 29.5 Å². The molecule has 1 N–H and O–H groups in total. The molecule has 1 fully saturated rings. The van der Waals surface area contributed by atoms with E-state index in [1.165, 1.54) is 12.8 Å². The highest BCUT2D eigenvalue weighted by Crippen LogP contribution is 2.31. The molecule has 1 aliphatic carbocycles. The van der Waals surface area contributed by atoms with E-state index in [9.17, 15) is 0 Å². The van der Waals surface area contributed by atoms with Crippen molar-refractivity contribution in [2.24, 2.45) is 0 Å². The van der Waals surface area contributed by atoms with Gasteiger partial charge >= 0.3 is 0 Å². The van der Waals surface area contributed by atoms with E-state index in [1.807, 2.05) is 13.3 Å². The van der Waals surface area contributed by atoms with Crippen molar-refractivity contribution in [3.05, 3.63) is 11.7 Å². The van der Waals surface area contributed by atoms with Crippen molar-refractivity contribution < 1.29 is 4.52 Å². The first kappa shape index (κ1) is 11.9. The lowest BCUT2D eigenvalue weighted by Crippen LogP contribution is -2.29. The summed E-state index contributed by atoms with van der Waals surface area (Å²) in [5.41, 5.74) is 0. The van der Waals surface area contributed by atoms with Gasteiger partial charge in [-0.3, -0.25) is 0 Å². The molecule has 0 bridgehead atoms. The molecule has 1 aliphatic rings. The molecule has 5 heteroatoms. The van der Waals surface area contributed by atoms with Crippen LogP contribution in [0.1, 0.15) is 43.3 Å². The fraction of sp³-hybridized carbons (Fsp3) is 0.818. The second kappa shape index (κ2) is 5.68. The second-order valence-electron chi connectivity index (χ2n) is 4.32. The molecular weight excluding hydrogens is 222 g/mol. The summed E-state index contributed by atoms with van der Waals surface area (Å²) in [6.45, 7) is 0. The lowest BCUT2D eigenvalue weighted by Gasteiger charge is -2.25. The van der Waals surface area contributed by atoms with Crippen molar-refractivity contribution in [3.8, 4) is 0 Å². The Labute approximate surface area is 101 Å². The lowest BCUT2D eigenvalue weighted by molar-refractivity contribution is 0.288. The molecule has 0 spiro atoms. The Morgan fingerprint density at radius 3 is 2.75 bits per heavy atom. The van der Waals surface area contributed by atoms with Crippen molar-refractivity contribution in [1.82, 2.24) is 15.5 Å². The first-order valence-corrected chi connectivity index (χ1v) is 7.21. The van der Waals surface area contributed by atoms with E-state index < -0.39 is 0 Å². The van der Waals surface area contributed by atoms with E-state index in [-0.39, 0.29) is 0 Å². The van der Waals surface area contributed by atoms with E-state index in [2.05, 4.69) is 15.5 Å². The van der Waals surface area contributed by atoms with E-state index in [4.69, 9.17) is 4.52 Å². The minimum Gasteiger partial charge on any atom is -0.339 e. The van der Waals surface area contributed by atoms with Gasteiger partial charge in [-0.25, -0.2) is 0 Å². The molecule has 1 saturated carbocycles. The van der Waals surface area contributed by atoms with Crippen LogP contribution >= 0.6 is 11.8 Å². The van der Waals surface area contributed by atoms with Crippen LogP contribution in [0.2, 0.25) is 0 Å². The first-order chi connectivity index (χ1) is 7.83. The van der Waals surface area contributed by atoms with E-state index in [0.717, 1.165) is 30.3 Å². The molecule has 1 aromatic heterocycles. The standard InChI is InChI=1S/C11H19N3OS/c1-12-9-5-3-8(4-6-9)11-13-10(7-16-2)14-15-11/h8-9,12H,3-7H2,1-2H3. The van der Waals surface area contributed by atoms with Crippen LogP contribution in [0.15, 0.2) is 4.52 Å². The van der Waals surface area contributed by atoms with Gasteiger partial charge in [0.15, 0.2) is 5.82 Å². The maximum absolute atomic E-state index is 5.33. The molecule has 0 aliphatic heterocycles. The zero-order valence-corrected chi connectivity index (χ0v) is 10.7. The largest absolute Gasteiger partial charge is 0.339 e. The minimum absolute atomic E-state index is 0.479. The fourth-order valence-electron chi connectivity index (χ4n) is 2.25. The Bertz CT molecular complexity index is 321. The number of aromatic nitrogens is 2. The van der Waals surface area contributed by atoms with Gasteiger partial charge in [0.05, 0.1) is 5.75 Å². The molecule has 0 aromatic carbocycles. The maximum Gasteiger partial charge on any atom is 0.229 e. The van der Waals surface area contributed by atoms with Crippen molar-refractivity contribution in [3.63, 3.8) is 0 Å². The fourth-order valence-corrected chi connectivity index (χ4v) is 2.63. The zero-order chi connectivity index (χ0) is 11.4. The Hall–Kier alpha value is -0.550. The number of thioether (sulfide) groups is 1. The Morgan fingerprint density at radius 1 is 1.38 bits per heavy atom. The molecular formula is C11H19N3OS. The second-order valence-corrected chi connectivity index (χ2v) is 5.19. The van der Waals surface area contributed by atoms with E-state index in [0.29, 0.717) is 12.0 Å². The number of nitrogens with one attached hydrogen (secondary N) is 1. The van der Waals surface area contributed by atoms with Crippen LogP contribution in [0.3, 0.4) is 0 Å². The summed E-state index contributed by atoms with van der Waals surface area (Å²) in [7, 11) is 2.04. The molecule has 1 heterocycles. The van der Waals surface area contributed by atoms with Gasteiger partial charge in [-0.15, -0.1) is 0 Å². The topological polar surface area (TPSA) is 51.0 Å². The average Bonchev–Trinajstić information content (AvgIpc) is 2.78. The molecule has 1 aromatic rings. The summed E-state index contributed by atoms with van der Waals surface area (Å²) < 4.78 is 5.33. The molecule has 16 heavy (non-hydrogen) atoms. The van der Waals surface area contributed by atoms with Gasteiger partial charge in [0, 0.05) is 12.0 Å². The molecule has 0 saturated heterocycles. The summed E-state index contributed by atoms with van der Waals surface area (Å²) >= 11 is 1.72. The van der Waals surface area contributed by atoms with Gasteiger partial charge < -0.3 is 9.84 Å². The minimum atomic E-state index is 0.479. The SMILES string of the molecule is CNC1CCC(c2nc(CSC)no2)CC1. The molecule has 0 radical (unpaired) electrons. The predicted molar refractivity (Wildman–Crippen MR) is 65.6 cm³/mol. The van der Waals surface area contributed by atoms with Crippen molar-refractivity contribution in [2.75, 3.05) is 13.3 Å². The van der Waals surface area contributed by atoms with Gasteiger partial charge in [0.25, 0.3) is 0 Å². The van der Waals surface area contributed by atoms with Crippen LogP contribution < -0.4 is 5.32 Å². The lowest BCUT2D eigenvalue weighted by atomic mass is 9.86. The number of nitrogens with zero attached hydrogens (tertiary/aromatic N) is 2. The van der Waals surface area contributed by atoms with Crippen LogP contribution in [0.25, 0.3) is 0 Å². The normalized spacial score (nSPS) is 25.9. The zero-order valence-electron chi connectivity index (χ0n) is 9.90. The molecule has 0 atom stereocenters. The van der Waals surface area contributed by atoms with Gasteiger partial charge in [-0.2, -0.15) is 16.7 Å². The van der Waals surface area contributed by atoms with E-state index >= 15 is 0 Å². The third-order valence-corrected chi connectivity index (χ3v) is 3.79. The monoisotopic (exact) mass is 241 g/mol. The van der Waals surface area contributed by atoms with Crippen LogP contribution in [-0.2, 0) is 5.75 Å². The average molecular weight is 241 g/mol. The van der Waals surface area contributed by atoms with Crippen molar-refractivity contribution in [2.45, 2.75) is 43.4 Å². The highest BCUT2D eigenvalue weighted by molar-refractivity contribution is 7.97. The van der Waals surface area contributed by atoms with Gasteiger partial charge in [0.1, 0.15) is 0 Å². The third-order valence-electron chi connectivity index (χ3n) is 3.24. The number of hydrogen-bond donors (Lipinski definition) is 1. The number of hydrogen-bond acceptors (Lipinski definition) is 5. The Kier molecular flexibility index (Phi) is 4.23. The molecule has 4 nitrogen and oxygen atoms in total. The molecule has 90 valence electrons. The van der Waals surface area contributed by atoms with E-state index in [1.54, 1.807) is 11.8 Å². The summed E-state index contributed by atoms with van der Waals surface area (Å²) in [6, 6.07) is 0.671. The molecule has 0 amide bonds. The van der Waals surface area contributed by atoms with Crippen LogP contribution in [0, 0.1) is 0 Å².